The van der Waals surface area contributed by atoms with Gasteiger partial charge in [0.1, 0.15) is 0 Å². The maximum absolute atomic E-state index is 11.4. The Labute approximate surface area is 296 Å². The molecular weight excluding hydrogens is 802 g/mol. The van der Waals surface area contributed by atoms with Gasteiger partial charge in [0.05, 0.1) is 13.2 Å². The van der Waals surface area contributed by atoms with E-state index in [9.17, 15) is 9.59 Å². The van der Waals surface area contributed by atoms with E-state index in [0.717, 1.165) is 43.5 Å². The summed E-state index contributed by atoms with van der Waals surface area (Å²) in [5.74, 6) is 1.86. The third-order valence-corrected chi connectivity index (χ3v) is 8.69. The Morgan fingerprint density at radius 1 is 1.00 bits per heavy atom. The van der Waals surface area contributed by atoms with Crippen molar-refractivity contribution in [2.45, 2.75) is 104 Å². The first-order valence-corrected chi connectivity index (χ1v) is 16.6. The van der Waals surface area contributed by atoms with Crippen LogP contribution >= 0.6 is 11.6 Å². The molecule has 0 spiro atoms. The second-order valence-corrected chi connectivity index (χ2v) is 13.8. The molecule has 1 aliphatic carbocycles. The van der Waals surface area contributed by atoms with Crippen LogP contribution in [0.25, 0.3) is 5.32 Å². The van der Waals surface area contributed by atoms with Crippen LogP contribution in [0.1, 0.15) is 98.0 Å². The average Bonchev–Trinajstić information content (AvgIpc) is 3.72. The molecule has 10 heteroatoms. The summed E-state index contributed by atoms with van der Waals surface area (Å²) in [6.07, 6.45) is 9.66. The Balaban J connectivity index is 0.000000592. The van der Waals surface area contributed by atoms with Gasteiger partial charge in [-0.05, 0) is 89.0 Å². The molecule has 4 fully saturated rings. The predicted octanol–water partition coefficient (Wildman–Crippen LogP) is 6.07. The molecule has 0 radical (unpaired) electrons. The number of nitrogens with zero attached hydrogens (tertiary/aromatic N) is 3. The molecule has 8 nitrogen and oxygen atoms in total. The number of likely N-dealkylation sites (tertiary alicyclic amines) is 1. The molecule has 44 heavy (non-hydrogen) atoms. The summed E-state index contributed by atoms with van der Waals surface area (Å²) in [4.78, 5) is 25.7. The monoisotopic (exact) mass is 861 g/mol. The van der Waals surface area contributed by atoms with Crippen LogP contribution < -0.4 is 5.32 Å². The van der Waals surface area contributed by atoms with Crippen molar-refractivity contribution in [3.8, 4) is 0 Å². The van der Waals surface area contributed by atoms with Crippen molar-refractivity contribution in [3.05, 3.63) is 40.2 Å². The second kappa shape index (κ2) is 23.6. The van der Waals surface area contributed by atoms with E-state index >= 15 is 0 Å². The Morgan fingerprint density at radius 2 is 1.57 bits per heavy atom. The van der Waals surface area contributed by atoms with E-state index in [4.69, 9.17) is 16.3 Å². The molecule has 4 aliphatic rings. The second-order valence-electron chi connectivity index (χ2n) is 13.4. The molecule has 3 saturated heterocycles. The maximum Gasteiger partial charge on any atom is 0.222 e. The van der Waals surface area contributed by atoms with E-state index in [1.165, 1.54) is 63.6 Å². The predicted molar refractivity (Wildman–Crippen MR) is 179 cm³/mol. The quantitative estimate of drug-likeness (QED) is 0.372. The van der Waals surface area contributed by atoms with Crippen molar-refractivity contribution in [1.82, 2.24) is 15.1 Å². The van der Waals surface area contributed by atoms with Crippen LogP contribution in [0.15, 0.2) is 24.3 Å². The first-order valence-electron chi connectivity index (χ1n) is 16.2. The van der Waals surface area contributed by atoms with Crippen LogP contribution in [-0.2, 0) is 14.3 Å². The van der Waals surface area contributed by atoms with Crippen molar-refractivity contribution in [3.63, 3.8) is 0 Å². The van der Waals surface area contributed by atoms with E-state index in [-0.39, 0.29) is 48.4 Å². The molecule has 3 aliphatic heterocycles. The number of benzene rings is 1. The summed E-state index contributed by atoms with van der Waals surface area (Å²) >= 11 is 5.91. The molecule has 0 aromatic heterocycles. The zero-order valence-corrected chi connectivity index (χ0v) is 33.2. The maximum atomic E-state index is 11.4. The minimum absolute atomic E-state index is 0. The Hall–Kier alpha value is -0.658. The fourth-order valence-corrected chi connectivity index (χ4v) is 5.52. The summed E-state index contributed by atoms with van der Waals surface area (Å²) in [5.41, 5.74) is 1.72. The molecule has 1 aromatic carbocycles. The number of amides is 2. The molecule has 5 rings (SSSR count). The number of ether oxygens (including phenoxy) is 1. The SMILES string of the molecule is C1CC[N-]C1.CC(C)(C)N1CCC(c2ccc(Cl)cc2)C1.CC1CCC(NC(=O)C(C)C)CC1.O.O=CN1CCOCC1.[U]. The van der Waals surface area contributed by atoms with Crippen molar-refractivity contribution < 1.29 is 50.9 Å². The smallest absolute Gasteiger partial charge is 0.222 e. The van der Waals surface area contributed by atoms with Crippen LogP contribution in [0.4, 0.5) is 0 Å². The van der Waals surface area contributed by atoms with Crippen LogP contribution in [0.2, 0.25) is 5.02 Å². The molecule has 1 unspecified atom stereocenters. The van der Waals surface area contributed by atoms with E-state index in [0.29, 0.717) is 30.7 Å². The summed E-state index contributed by atoms with van der Waals surface area (Å²) in [5, 5.41) is 8.01. The largest absolute Gasteiger partial charge is 0.662 e. The van der Waals surface area contributed by atoms with Gasteiger partial charge in [-0.1, -0.05) is 57.3 Å². The number of rotatable bonds is 4. The van der Waals surface area contributed by atoms with E-state index in [1.807, 2.05) is 26.0 Å². The van der Waals surface area contributed by atoms with Crippen LogP contribution in [0.3, 0.4) is 0 Å². The van der Waals surface area contributed by atoms with Crippen molar-refractivity contribution in [2.24, 2.45) is 11.8 Å². The number of hydrogen-bond acceptors (Lipinski definition) is 4. The van der Waals surface area contributed by atoms with Crippen molar-refractivity contribution in [2.75, 3.05) is 52.5 Å². The standard InChI is InChI=1S/C14H20ClN.C11H21NO.C5H9NO2.C4H8N.H2O.U/c1-14(2,3)16-9-8-12(10-16)11-4-6-13(15)7-5-11;1-8(2)11(13)12-10-6-4-9(3)5-7-10;7-5-6-1-3-8-4-2-6;1-2-4-5-3-1;;/h4-7,12H,8-10H2,1-3H3;8-10H,4-7H2,1-3H3,(H,12,13);5H,1-4H2;1-4H2;1H2;/q;;;-1;;. The van der Waals surface area contributed by atoms with Crippen LogP contribution in [-0.4, -0.2) is 91.7 Å². The summed E-state index contributed by atoms with van der Waals surface area (Å²) in [7, 11) is 0. The Kier molecular flexibility index (Phi) is 23.3. The van der Waals surface area contributed by atoms with Gasteiger partial charge in [0.2, 0.25) is 12.3 Å². The molecule has 3 N–H and O–H groups in total. The van der Waals surface area contributed by atoms with E-state index in [1.54, 1.807) is 4.90 Å². The van der Waals surface area contributed by atoms with Gasteiger partial charge in [0.15, 0.2) is 0 Å². The molecule has 1 atom stereocenters. The van der Waals surface area contributed by atoms with Gasteiger partial charge in [-0.2, -0.15) is 0 Å². The molecule has 0 bridgehead atoms. The number of hydrogen-bond donors (Lipinski definition) is 1. The third-order valence-electron chi connectivity index (χ3n) is 8.44. The van der Waals surface area contributed by atoms with Crippen LogP contribution in [0.5, 0.6) is 0 Å². The average molecular weight is 862 g/mol. The Morgan fingerprint density at radius 3 is 1.98 bits per heavy atom. The van der Waals surface area contributed by atoms with Gasteiger partial charge in [-0.3, -0.25) is 14.5 Å². The number of carbonyl (C=O) groups is 2. The number of morpholine rings is 1. The molecule has 3 heterocycles. The molecule has 252 valence electrons. The normalized spacial score (nSPS) is 23.3. The van der Waals surface area contributed by atoms with Gasteiger partial charge >= 0.3 is 0 Å². The zero-order chi connectivity index (χ0) is 31.0. The number of halogens is 1. The topological polar surface area (TPSA) is 107 Å². The van der Waals surface area contributed by atoms with Gasteiger partial charge in [-0.15, -0.1) is 13.1 Å². The first-order chi connectivity index (χ1) is 20.0. The summed E-state index contributed by atoms with van der Waals surface area (Å²) in [6, 6.07) is 8.78. The molecule has 1 saturated carbocycles. The molecule has 2 amide bonds. The van der Waals surface area contributed by atoms with E-state index in [2.05, 4.69) is 55.4 Å². The first kappa shape index (κ1) is 43.3. The minimum atomic E-state index is 0. The van der Waals surface area contributed by atoms with E-state index < -0.39 is 0 Å². The van der Waals surface area contributed by atoms with Crippen LogP contribution in [0, 0.1) is 42.9 Å². The van der Waals surface area contributed by atoms with Gasteiger partial charge in [0.25, 0.3) is 0 Å². The van der Waals surface area contributed by atoms with Crippen molar-refractivity contribution in [1.29, 1.82) is 0 Å². The van der Waals surface area contributed by atoms with Gasteiger partial charge in [-0.25, -0.2) is 0 Å². The number of carbonyl (C=O) groups excluding carboxylic acids is 2. The van der Waals surface area contributed by atoms with Gasteiger partial charge < -0.3 is 25.7 Å². The summed E-state index contributed by atoms with van der Waals surface area (Å²) in [6.45, 7) is 20.6. The molecule has 1 aromatic rings. The summed E-state index contributed by atoms with van der Waals surface area (Å²) < 4.78 is 5.00. The van der Waals surface area contributed by atoms with Crippen molar-refractivity contribution >= 4 is 23.9 Å². The molecular formula is C34H60ClN4O4U-. The third kappa shape index (κ3) is 17.9. The fraction of sp³-hybridized carbons (Fsp3) is 0.765. The Bertz CT molecular complexity index is 875. The fourth-order valence-electron chi connectivity index (χ4n) is 5.39. The van der Waals surface area contributed by atoms with Gasteiger partial charge in [0, 0.05) is 73.3 Å². The number of nitrogens with one attached hydrogen (secondary N) is 1. The minimum Gasteiger partial charge on any atom is -0.662 e. The zero-order valence-electron chi connectivity index (χ0n) is 28.2.